The molecule has 1 heterocycles. The Balaban J connectivity index is 1.76. The van der Waals surface area contributed by atoms with Gasteiger partial charge in [-0.25, -0.2) is 0 Å². The fourth-order valence-electron chi connectivity index (χ4n) is 3.60. The molecule has 1 aliphatic carbocycles. The van der Waals surface area contributed by atoms with Crippen LogP contribution in [0.5, 0.6) is 0 Å². The highest BCUT2D eigenvalue weighted by molar-refractivity contribution is 9.10. The average Bonchev–Trinajstić information content (AvgIpc) is 3.16. The van der Waals surface area contributed by atoms with Crippen molar-refractivity contribution in [3.8, 4) is 0 Å². The molecule has 1 saturated heterocycles. The number of hydrogen-bond donors (Lipinski definition) is 1. The van der Waals surface area contributed by atoms with Crippen LogP contribution in [0.4, 0.5) is 18.9 Å². The van der Waals surface area contributed by atoms with Gasteiger partial charge in [0.15, 0.2) is 0 Å². The number of alkyl halides is 3. The molecule has 0 radical (unpaired) electrons. The summed E-state index contributed by atoms with van der Waals surface area (Å²) in [5.41, 5.74) is -0.786. The number of rotatable bonds is 3. The fourth-order valence-corrected chi connectivity index (χ4v) is 4.08. The largest absolute Gasteiger partial charge is 0.417 e. The van der Waals surface area contributed by atoms with Gasteiger partial charge in [0.05, 0.1) is 17.4 Å². The molecule has 0 aromatic heterocycles. The highest BCUT2D eigenvalue weighted by atomic mass is 79.9. The summed E-state index contributed by atoms with van der Waals surface area (Å²) in [5, 5.41) is 2.56. The van der Waals surface area contributed by atoms with Crippen LogP contribution < -0.4 is 5.32 Å². The number of benzene rings is 1. The lowest BCUT2D eigenvalue weighted by Gasteiger charge is -2.30. The predicted molar refractivity (Wildman–Crippen MR) is 98.9 cm³/mol. The molecule has 1 aromatic rings. The molecule has 4 nitrogen and oxygen atoms in total. The third kappa shape index (κ3) is 4.54. The van der Waals surface area contributed by atoms with Gasteiger partial charge in [-0.05, 0) is 43.9 Å². The quantitative estimate of drug-likeness (QED) is 0.691. The Morgan fingerprint density at radius 1 is 1.07 bits per heavy atom. The molecule has 0 bridgehead atoms. The average molecular weight is 445 g/mol. The van der Waals surface area contributed by atoms with E-state index in [4.69, 9.17) is 0 Å². The molecule has 2 amide bonds. The van der Waals surface area contributed by atoms with Crippen molar-refractivity contribution in [3.05, 3.63) is 40.4 Å². The summed E-state index contributed by atoms with van der Waals surface area (Å²) < 4.78 is 39.1. The third-order valence-electron chi connectivity index (χ3n) is 5.04. The number of anilines is 1. The van der Waals surface area contributed by atoms with Gasteiger partial charge >= 0.3 is 6.18 Å². The van der Waals surface area contributed by atoms with E-state index in [9.17, 15) is 22.8 Å². The highest BCUT2D eigenvalue weighted by Crippen LogP contribution is 2.37. The molecule has 1 fully saturated rings. The van der Waals surface area contributed by atoms with E-state index < -0.39 is 29.5 Å². The normalized spacial score (nSPS) is 22.7. The van der Waals surface area contributed by atoms with Crippen LogP contribution >= 0.6 is 15.9 Å². The van der Waals surface area contributed by atoms with Gasteiger partial charge in [-0.2, -0.15) is 13.2 Å². The number of nitrogens with zero attached hydrogens (tertiary/aromatic N) is 1. The Bertz CT molecular complexity index is 758. The van der Waals surface area contributed by atoms with Gasteiger partial charge in [0.2, 0.25) is 11.8 Å². The molecule has 27 heavy (non-hydrogen) atoms. The Morgan fingerprint density at radius 2 is 1.70 bits per heavy atom. The van der Waals surface area contributed by atoms with Crippen molar-refractivity contribution >= 4 is 33.4 Å². The lowest BCUT2D eigenvalue weighted by atomic mass is 9.81. The zero-order chi connectivity index (χ0) is 19.6. The Morgan fingerprint density at radius 3 is 2.33 bits per heavy atom. The zero-order valence-corrected chi connectivity index (χ0v) is 16.1. The first-order valence-corrected chi connectivity index (χ1v) is 9.68. The van der Waals surface area contributed by atoms with E-state index in [2.05, 4.69) is 21.2 Å². The monoisotopic (exact) mass is 444 g/mol. The van der Waals surface area contributed by atoms with Crippen LogP contribution in [0.25, 0.3) is 0 Å². The standard InChI is InChI=1S/C19H20BrF3N2O2/c20-16-8-7-12(11-15(16)19(21,22)23)24-17(26)13-5-1-2-6-14(13)18(27)25-9-3-4-10-25/h1-2,7-8,11,13-14H,3-6,9-10H2,(H,24,26)/t13-,14+/m1/s1. The summed E-state index contributed by atoms with van der Waals surface area (Å²) in [6.45, 7) is 1.41. The highest BCUT2D eigenvalue weighted by Gasteiger charge is 2.37. The predicted octanol–water partition coefficient (Wildman–Crippen LogP) is 4.61. The van der Waals surface area contributed by atoms with E-state index in [1.54, 1.807) is 4.90 Å². The van der Waals surface area contributed by atoms with Crippen molar-refractivity contribution in [2.24, 2.45) is 11.8 Å². The number of halogens is 4. The van der Waals surface area contributed by atoms with Crippen LogP contribution in [0.3, 0.4) is 0 Å². The fraction of sp³-hybridized carbons (Fsp3) is 0.474. The molecule has 1 aromatic carbocycles. The summed E-state index contributed by atoms with van der Waals surface area (Å²) >= 11 is 2.88. The summed E-state index contributed by atoms with van der Waals surface area (Å²) in [6.07, 6.45) is 2.01. The van der Waals surface area contributed by atoms with E-state index >= 15 is 0 Å². The smallest absolute Gasteiger partial charge is 0.342 e. The summed E-state index contributed by atoms with van der Waals surface area (Å²) in [4.78, 5) is 27.3. The van der Waals surface area contributed by atoms with E-state index in [1.807, 2.05) is 12.2 Å². The van der Waals surface area contributed by atoms with Crippen molar-refractivity contribution in [2.75, 3.05) is 18.4 Å². The number of carbonyl (C=O) groups is 2. The minimum Gasteiger partial charge on any atom is -0.342 e. The molecule has 0 spiro atoms. The lowest BCUT2D eigenvalue weighted by molar-refractivity contribution is -0.139. The summed E-state index contributed by atoms with van der Waals surface area (Å²) in [5.74, 6) is -1.51. The number of carbonyl (C=O) groups excluding carboxylic acids is 2. The number of amides is 2. The van der Waals surface area contributed by atoms with E-state index in [-0.39, 0.29) is 16.1 Å². The molecule has 0 unspecified atom stereocenters. The molecule has 1 N–H and O–H groups in total. The second kappa shape index (κ2) is 8.04. The molecule has 8 heteroatoms. The zero-order valence-electron chi connectivity index (χ0n) is 14.6. The van der Waals surface area contributed by atoms with Gasteiger partial charge in [-0.1, -0.05) is 28.1 Å². The number of nitrogens with one attached hydrogen (secondary N) is 1. The van der Waals surface area contributed by atoms with Crippen molar-refractivity contribution in [2.45, 2.75) is 31.9 Å². The van der Waals surface area contributed by atoms with Gasteiger partial charge in [-0.3, -0.25) is 9.59 Å². The maximum absolute atomic E-state index is 13.1. The Labute approximate surface area is 163 Å². The second-order valence-corrected chi connectivity index (χ2v) is 7.72. The summed E-state index contributed by atoms with van der Waals surface area (Å²) in [7, 11) is 0. The van der Waals surface area contributed by atoms with Gasteiger partial charge < -0.3 is 10.2 Å². The minimum atomic E-state index is -4.53. The summed E-state index contributed by atoms with van der Waals surface area (Å²) in [6, 6.07) is 3.57. The molecule has 2 atom stereocenters. The molecule has 146 valence electrons. The van der Waals surface area contributed by atoms with Gasteiger partial charge in [-0.15, -0.1) is 0 Å². The van der Waals surface area contributed by atoms with Crippen LogP contribution in [0.1, 0.15) is 31.2 Å². The molecule has 2 aliphatic rings. The van der Waals surface area contributed by atoms with Crippen molar-refractivity contribution in [3.63, 3.8) is 0 Å². The molecular weight excluding hydrogens is 425 g/mol. The number of allylic oxidation sites excluding steroid dienone is 2. The lowest BCUT2D eigenvalue weighted by Crippen LogP contribution is -2.42. The maximum atomic E-state index is 13.1. The SMILES string of the molecule is O=C(Nc1ccc(Br)c(C(F)(F)F)c1)[C@@H]1CC=CC[C@@H]1C(=O)N1CCCC1. The Hall–Kier alpha value is -1.83. The first-order chi connectivity index (χ1) is 12.8. The minimum absolute atomic E-state index is 0.0382. The van der Waals surface area contributed by atoms with Crippen LogP contribution in [0.15, 0.2) is 34.8 Å². The van der Waals surface area contributed by atoms with E-state index in [0.717, 1.165) is 18.9 Å². The van der Waals surface area contributed by atoms with Crippen molar-refractivity contribution < 1.29 is 22.8 Å². The topological polar surface area (TPSA) is 49.4 Å². The van der Waals surface area contributed by atoms with Gasteiger partial charge in [0.25, 0.3) is 0 Å². The molecular formula is C19H20BrF3N2O2. The van der Waals surface area contributed by atoms with Crippen molar-refractivity contribution in [1.29, 1.82) is 0 Å². The molecule has 1 aliphatic heterocycles. The number of likely N-dealkylation sites (tertiary alicyclic amines) is 1. The van der Waals surface area contributed by atoms with E-state index in [1.165, 1.54) is 12.1 Å². The molecule has 0 saturated carbocycles. The van der Waals surface area contributed by atoms with E-state index in [0.29, 0.717) is 25.9 Å². The second-order valence-electron chi connectivity index (χ2n) is 6.87. The number of hydrogen-bond acceptors (Lipinski definition) is 2. The van der Waals surface area contributed by atoms with Crippen LogP contribution in [-0.2, 0) is 15.8 Å². The molecule has 3 rings (SSSR count). The Kier molecular flexibility index (Phi) is 5.93. The van der Waals surface area contributed by atoms with Crippen LogP contribution in [0, 0.1) is 11.8 Å². The first kappa shape index (κ1) is 19.9. The first-order valence-electron chi connectivity index (χ1n) is 8.89. The maximum Gasteiger partial charge on any atom is 0.417 e. The van der Waals surface area contributed by atoms with Crippen LogP contribution in [-0.4, -0.2) is 29.8 Å². The van der Waals surface area contributed by atoms with Crippen LogP contribution in [0.2, 0.25) is 0 Å². The third-order valence-corrected chi connectivity index (χ3v) is 5.73. The van der Waals surface area contributed by atoms with Gasteiger partial charge in [0.1, 0.15) is 0 Å². The van der Waals surface area contributed by atoms with Gasteiger partial charge in [0, 0.05) is 23.2 Å². The van der Waals surface area contributed by atoms with Crippen molar-refractivity contribution in [1.82, 2.24) is 4.90 Å².